The third-order valence-corrected chi connectivity index (χ3v) is 3.90. The lowest BCUT2D eigenvalue weighted by Crippen LogP contribution is -2.38. The van der Waals surface area contributed by atoms with Crippen LogP contribution in [0, 0.1) is 23.4 Å². The maximum Gasteiger partial charge on any atom is 0.194 e. The summed E-state index contributed by atoms with van der Waals surface area (Å²) in [6.07, 6.45) is 3.33. The van der Waals surface area contributed by atoms with Crippen LogP contribution in [0.3, 0.4) is 0 Å². The van der Waals surface area contributed by atoms with Crippen molar-refractivity contribution in [3.05, 3.63) is 35.1 Å². The molecule has 1 saturated heterocycles. The first-order valence-corrected chi connectivity index (χ1v) is 7.66. The molecular formula is C16H23F3N2. The fraction of sp³-hybridized carbons (Fsp3) is 0.625. The lowest BCUT2D eigenvalue weighted by atomic mass is 9.98. The second kappa shape index (κ2) is 7.80. The Morgan fingerprint density at radius 3 is 2.52 bits per heavy atom. The van der Waals surface area contributed by atoms with Crippen LogP contribution in [-0.4, -0.2) is 31.1 Å². The highest BCUT2D eigenvalue weighted by molar-refractivity contribution is 5.19. The van der Waals surface area contributed by atoms with Crippen molar-refractivity contribution in [3.8, 4) is 0 Å². The van der Waals surface area contributed by atoms with Crippen molar-refractivity contribution in [2.24, 2.45) is 5.92 Å². The molecule has 1 fully saturated rings. The number of halogens is 3. The number of hydrogen-bond acceptors (Lipinski definition) is 2. The van der Waals surface area contributed by atoms with Crippen LogP contribution in [0.4, 0.5) is 13.2 Å². The van der Waals surface area contributed by atoms with Gasteiger partial charge in [-0.25, -0.2) is 13.2 Å². The van der Waals surface area contributed by atoms with Gasteiger partial charge in [0, 0.05) is 13.1 Å². The molecule has 1 aromatic carbocycles. The van der Waals surface area contributed by atoms with E-state index in [9.17, 15) is 13.2 Å². The van der Waals surface area contributed by atoms with E-state index in [0.717, 1.165) is 44.7 Å². The average molecular weight is 300 g/mol. The number of rotatable bonds is 6. The van der Waals surface area contributed by atoms with Crippen molar-refractivity contribution in [3.63, 3.8) is 0 Å². The molecule has 21 heavy (non-hydrogen) atoms. The van der Waals surface area contributed by atoms with E-state index in [4.69, 9.17) is 0 Å². The average Bonchev–Trinajstić information content (AvgIpc) is 2.46. The Labute approximate surface area is 124 Å². The van der Waals surface area contributed by atoms with Gasteiger partial charge in [0.15, 0.2) is 17.5 Å². The van der Waals surface area contributed by atoms with Crippen molar-refractivity contribution in [1.29, 1.82) is 0 Å². The molecule has 2 nitrogen and oxygen atoms in total. The van der Waals surface area contributed by atoms with E-state index in [1.807, 2.05) is 0 Å². The van der Waals surface area contributed by atoms with Gasteiger partial charge < -0.3 is 5.32 Å². The van der Waals surface area contributed by atoms with Gasteiger partial charge in [-0.15, -0.1) is 0 Å². The quantitative estimate of drug-likeness (QED) is 0.811. The van der Waals surface area contributed by atoms with Crippen LogP contribution >= 0.6 is 0 Å². The Kier molecular flexibility index (Phi) is 6.06. The highest BCUT2D eigenvalue weighted by Gasteiger charge is 2.18. The molecule has 1 unspecified atom stereocenters. The molecule has 1 atom stereocenters. The van der Waals surface area contributed by atoms with Crippen LogP contribution in [0.15, 0.2) is 12.1 Å². The van der Waals surface area contributed by atoms with E-state index in [0.29, 0.717) is 18.0 Å². The number of hydrogen-bond donors (Lipinski definition) is 1. The summed E-state index contributed by atoms with van der Waals surface area (Å²) >= 11 is 0. The van der Waals surface area contributed by atoms with Gasteiger partial charge in [-0.1, -0.05) is 6.92 Å². The normalized spacial score (nSPS) is 19.2. The van der Waals surface area contributed by atoms with Crippen LogP contribution in [0.1, 0.15) is 31.7 Å². The minimum Gasteiger partial charge on any atom is -0.316 e. The summed E-state index contributed by atoms with van der Waals surface area (Å²) in [7, 11) is 0. The van der Waals surface area contributed by atoms with Crippen LogP contribution in [0.25, 0.3) is 0 Å². The molecule has 0 saturated carbocycles. The van der Waals surface area contributed by atoms with Crippen molar-refractivity contribution in [2.45, 2.75) is 32.7 Å². The number of piperidine rings is 1. The number of nitrogens with zero attached hydrogens (tertiary/aromatic N) is 1. The lowest BCUT2D eigenvalue weighted by molar-refractivity contribution is 0.201. The zero-order valence-corrected chi connectivity index (χ0v) is 12.5. The first kappa shape index (κ1) is 16.3. The van der Waals surface area contributed by atoms with Crippen molar-refractivity contribution >= 4 is 0 Å². The van der Waals surface area contributed by atoms with Gasteiger partial charge in [0.1, 0.15) is 0 Å². The molecule has 2 rings (SSSR count). The standard InChI is InChI=1S/C16H23F3N2/c1-2-6-21(10-12-4-3-5-20-9-12)11-13-7-14(17)16(19)15(18)8-13/h7-8,12,20H,2-6,9-11H2,1H3. The van der Waals surface area contributed by atoms with Gasteiger partial charge in [-0.05, 0) is 62.5 Å². The summed E-state index contributed by atoms with van der Waals surface area (Å²) < 4.78 is 39.6. The van der Waals surface area contributed by atoms with Crippen molar-refractivity contribution < 1.29 is 13.2 Å². The Morgan fingerprint density at radius 2 is 1.95 bits per heavy atom. The first-order chi connectivity index (χ1) is 10.1. The second-order valence-corrected chi connectivity index (χ2v) is 5.82. The molecule has 0 amide bonds. The summed E-state index contributed by atoms with van der Waals surface area (Å²) in [6, 6.07) is 2.19. The van der Waals surface area contributed by atoms with Crippen molar-refractivity contribution in [1.82, 2.24) is 10.2 Å². The summed E-state index contributed by atoms with van der Waals surface area (Å²) in [5.41, 5.74) is 0.489. The molecule has 1 N–H and O–H groups in total. The summed E-state index contributed by atoms with van der Waals surface area (Å²) in [5.74, 6) is -3.04. The SMILES string of the molecule is CCCN(Cc1cc(F)c(F)c(F)c1)CC1CCCNC1. The van der Waals surface area contributed by atoms with Gasteiger partial charge in [-0.3, -0.25) is 4.90 Å². The molecule has 5 heteroatoms. The summed E-state index contributed by atoms with van der Waals surface area (Å²) in [6.45, 7) is 6.37. The molecule has 0 radical (unpaired) electrons. The summed E-state index contributed by atoms with van der Waals surface area (Å²) in [5, 5.41) is 3.38. The van der Waals surface area contributed by atoms with E-state index >= 15 is 0 Å². The van der Waals surface area contributed by atoms with E-state index in [1.54, 1.807) is 0 Å². The largest absolute Gasteiger partial charge is 0.316 e. The van der Waals surface area contributed by atoms with Crippen molar-refractivity contribution in [2.75, 3.05) is 26.2 Å². The highest BCUT2D eigenvalue weighted by Crippen LogP contribution is 2.18. The fourth-order valence-corrected chi connectivity index (χ4v) is 2.95. The van der Waals surface area contributed by atoms with Crippen LogP contribution in [0.2, 0.25) is 0 Å². The predicted molar refractivity (Wildman–Crippen MR) is 77.5 cm³/mol. The van der Waals surface area contributed by atoms with Gasteiger partial charge >= 0.3 is 0 Å². The monoisotopic (exact) mass is 300 g/mol. The number of benzene rings is 1. The maximum atomic E-state index is 13.3. The van der Waals surface area contributed by atoms with E-state index < -0.39 is 17.5 Å². The Hall–Kier alpha value is -1.07. The predicted octanol–water partition coefficient (Wildman–Crippen LogP) is 3.32. The van der Waals surface area contributed by atoms with Gasteiger partial charge in [0.25, 0.3) is 0 Å². The zero-order chi connectivity index (χ0) is 15.2. The fourth-order valence-electron chi connectivity index (χ4n) is 2.95. The smallest absolute Gasteiger partial charge is 0.194 e. The molecule has 0 bridgehead atoms. The highest BCUT2D eigenvalue weighted by atomic mass is 19.2. The molecule has 1 aliphatic rings. The van der Waals surface area contributed by atoms with E-state index in [-0.39, 0.29) is 0 Å². The number of nitrogens with one attached hydrogen (secondary N) is 1. The van der Waals surface area contributed by atoms with Crippen LogP contribution in [0.5, 0.6) is 0 Å². The topological polar surface area (TPSA) is 15.3 Å². The third-order valence-electron chi connectivity index (χ3n) is 3.90. The summed E-state index contributed by atoms with van der Waals surface area (Å²) in [4.78, 5) is 2.20. The van der Waals surface area contributed by atoms with Crippen LogP contribution < -0.4 is 5.32 Å². The molecule has 118 valence electrons. The Bertz CT molecular complexity index is 436. The lowest BCUT2D eigenvalue weighted by Gasteiger charge is -2.30. The van der Waals surface area contributed by atoms with Gasteiger partial charge in [-0.2, -0.15) is 0 Å². The Balaban J connectivity index is 2.01. The second-order valence-electron chi connectivity index (χ2n) is 5.82. The van der Waals surface area contributed by atoms with Gasteiger partial charge in [0.05, 0.1) is 0 Å². The maximum absolute atomic E-state index is 13.3. The molecule has 1 heterocycles. The Morgan fingerprint density at radius 1 is 1.24 bits per heavy atom. The van der Waals surface area contributed by atoms with E-state index in [1.165, 1.54) is 12.8 Å². The molecule has 1 aromatic rings. The first-order valence-electron chi connectivity index (χ1n) is 7.66. The van der Waals surface area contributed by atoms with Gasteiger partial charge in [0.2, 0.25) is 0 Å². The zero-order valence-electron chi connectivity index (χ0n) is 12.5. The molecular weight excluding hydrogens is 277 g/mol. The molecule has 1 aliphatic heterocycles. The molecule has 0 aromatic heterocycles. The molecule has 0 aliphatic carbocycles. The minimum absolute atomic E-state index is 0.457. The van der Waals surface area contributed by atoms with E-state index in [2.05, 4.69) is 17.1 Å². The minimum atomic E-state index is -1.39. The third kappa shape index (κ3) is 4.71. The van der Waals surface area contributed by atoms with Crippen LogP contribution in [-0.2, 0) is 6.54 Å². The molecule has 0 spiro atoms.